The monoisotopic (exact) mass is 1180 g/mol. The van der Waals surface area contributed by atoms with E-state index in [0.29, 0.717) is 23.1 Å². The second-order valence-electron chi connectivity index (χ2n) is 23.7. The number of halogens is 2. The van der Waals surface area contributed by atoms with Gasteiger partial charge in [0, 0.05) is 36.5 Å². The van der Waals surface area contributed by atoms with Crippen molar-refractivity contribution in [2.45, 2.75) is 183 Å². The molecular formula is C56H86Cl2Li2N3O4Si2Yb. The minimum Gasteiger partial charge on any atom is -0.872 e. The summed E-state index contributed by atoms with van der Waals surface area (Å²) < 4.78 is 14.7. The summed E-state index contributed by atoms with van der Waals surface area (Å²) in [5.74, 6) is 0.178. The van der Waals surface area contributed by atoms with Gasteiger partial charge in [-0.3, -0.25) is 0 Å². The zero-order valence-corrected chi connectivity index (χ0v) is 52.2. The van der Waals surface area contributed by atoms with Crippen molar-refractivity contribution in [3.63, 3.8) is 0 Å². The average Bonchev–Trinajstić information content (AvgIpc) is 3.97. The van der Waals surface area contributed by atoms with Crippen LogP contribution in [0, 0.1) is 46.9 Å². The van der Waals surface area contributed by atoms with Gasteiger partial charge in [-0.25, -0.2) is 0 Å². The molecule has 0 aromatic heterocycles. The van der Waals surface area contributed by atoms with Crippen LogP contribution in [0.1, 0.15) is 142 Å². The second kappa shape index (κ2) is 32.3. The largest absolute Gasteiger partial charge is 3.00 e. The van der Waals surface area contributed by atoms with Crippen LogP contribution in [0.4, 0.5) is 11.4 Å². The Kier molecular flexibility index (Phi) is 33.1. The summed E-state index contributed by atoms with van der Waals surface area (Å²) in [6.45, 7) is 43.9. The molecule has 2 heterocycles. The minimum atomic E-state index is -1.11. The summed E-state index contributed by atoms with van der Waals surface area (Å²) >= 11 is 12.3. The molecule has 0 bridgehead atoms. The van der Waals surface area contributed by atoms with E-state index in [1.54, 1.807) is 0 Å². The molecule has 7 nitrogen and oxygen atoms in total. The van der Waals surface area contributed by atoms with E-state index in [4.69, 9.17) is 37.3 Å². The number of benzene rings is 4. The molecule has 0 saturated carbocycles. The van der Waals surface area contributed by atoms with Crippen molar-refractivity contribution in [1.82, 2.24) is 0 Å². The topological polar surface area (TPSA) is 107 Å². The molecule has 2 saturated heterocycles. The Morgan fingerprint density at radius 3 is 0.971 bits per heavy atom. The van der Waals surface area contributed by atoms with E-state index in [-0.39, 0.29) is 118 Å². The summed E-state index contributed by atoms with van der Waals surface area (Å²) in [5, 5.41) is 36.1. The van der Waals surface area contributed by atoms with Gasteiger partial charge in [-0.2, -0.15) is 0 Å². The van der Waals surface area contributed by atoms with E-state index >= 15 is 0 Å². The molecule has 70 heavy (non-hydrogen) atoms. The van der Waals surface area contributed by atoms with Gasteiger partial charge >= 0.3 is 84.6 Å². The molecule has 4 aromatic carbocycles. The first-order chi connectivity index (χ1) is 30.7. The molecule has 0 N–H and O–H groups in total. The van der Waals surface area contributed by atoms with Crippen LogP contribution >= 0.6 is 23.2 Å². The van der Waals surface area contributed by atoms with Gasteiger partial charge in [0.25, 0.3) is 0 Å². The van der Waals surface area contributed by atoms with E-state index in [0.717, 1.165) is 71.2 Å². The fourth-order valence-electron chi connectivity index (χ4n) is 7.12. The van der Waals surface area contributed by atoms with Crippen LogP contribution in [-0.2, 0) is 44.2 Å². The smallest absolute Gasteiger partial charge is 0.872 e. The predicted molar refractivity (Wildman–Crippen MR) is 293 cm³/mol. The number of nitrogens with zero attached hydrogens (tertiary/aromatic N) is 3. The van der Waals surface area contributed by atoms with Gasteiger partial charge in [0.1, 0.15) is 0 Å². The van der Waals surface area contributed by atoms with Crippen LogP contribution in [0.15, 0.2) is 72.8 Å². The molecule has 0 aliphatic carbocycles. The van der Waals surface area contributed by atoms with Crippen molar-refractivity contribution in [2.75, 3.05) is 26.4 Å². The van der Waals surface area contributed by atoms with Crippen LogP contribution < -0.4 is 47.9 Å². The van der Waals surface area contributed by atoms with Crippen LogP contribution in [0.3, 0.4) is 0 Å². The Bertz CT molecular complexity index is 1950. The number of rotatable bonds is 8. The molecule has 2 aliphatic heterocycles. The van der Waals surface area contributed by atoms with Crippen LogP contribution in [0.25, 0.3) is 15.3 Å². The Hall–Kier alpha value is -0.312. The van der Waals surface area contributed by atoms with E-state index < -0.39 is 16.5 Å². The normalized spacial score (nSPS) is 13.7. The molecule has 6 rings (SSSR count). The maximum Gasteiger partial charge on any atom is 3.00 e. The van der Waals surface area contributed by atoms with Gasteiger partial charge in [0.15, 0.2) is 0 Å². The van der Waals surface area contributed by atoms with Gasteiger partial charge in [-0.05, 0) is 70.6 Å². The van der Waals surface area contributed by atoms with Crippen molar-refractivity contribution in [3.8, 4) is 11.5 Å². The van der Waals surface area contributed by atoms with Crippen LogP contribution in [0.5, 0.6) is 11.5 Å². The maximum absolute atomic E-state index is 12.9. The molecule has 2 aliphatic rings. The van der Waals surface area contributed by atoms with Crippen molar-refractivity contribution in [3.05, 3.63) is 132 Å². The molecular weight excluding hydrogens is 1090 g/mol. The number of ether oxygens (including phenoxy) is 2. The third kappa shape index (κ3) is 28.0. The van der Waals surface area contributed by atoms with E-state index in [1.807, 2.05) is 60.7 Å². The molecule has 387 valence electrons. The number of hydrogen-bond donors (Lipinski definition) is 0. The third-order valence-electron chi connectivity index (χ3n) is 10.5. The minimum absolute atomic E-state index is 0. The van der Waals surface area contributed by atoms with E-state index in [2.05, 4.69) is 145 Å². The van der Waals surface area contributed by atoms with Gasteiger partial charge in [0.05, 0.1) is 0 Å². The van der Waals surface area contributed by atoms with Crippen LogP contribution in [0.2, 0.25) is 49.3 Å². The molecule has 0 spiro atoms. The van der Waals surface area contributed by atoms with E-state index in [9.17, 15) is 10.2 Å². The van der Waals surface area contributed by atoms with Crippen molar-refractivity contribution in [2.24, 2.45) is 0 Å². The summed E-state index contributed by atoms with van der Waals surface area (Å²) in [5.41, 5.74) is 6.48. The Balaban J connectivity index is 0. The number of hydrogen-bond acceptors (Lipinski definition) is 4. The van der Waals surface area contributed by atoms with Gasteiger partial charge in [-0.1, -0.05) is 245 Å². The standard InChI is InChI=1S/2C21H27ClNO.C6H18NSi2.2C4H8O.2Li.Yb/c2*1-20(2,3)15-11-14(19(24)16(12-15)21(4,5)6)13-23-18-10-8-7-9-17(18)22;1-8(2,3)7-9(4,5)6;2*1-2-4-5-3-1;;;/h2*7-12,24H,13H2,1-6H3;1-6H3;2*1-4H2;;;/q3*-1;;;2*+1;+3/p-2. The molecule has 1 radical (unpaired) electrons. The van der Waals surface area contributed by atoms with Gasteiger partial charge < -0.3 is 35.0 Å². The second-order valence-corrected chi connectivity index (χ2v) is 34.0. The van der Waals surface area contributed by atoms with Gasteiger partial charge in [0.2, 0.25) is 0 Å². The van der Waals surface area contributed by atoms with Gasteiger partial charge in [-0.15, -0.1) is 36.0 Å². The first-order valence-electron chi connectivity index (χ1n) is 24.1. The first-order valence-corrected chi connectivity index (χ1v) is 31.8. The Morgan fingerprint density at radius 1 is 0.486 bits per heavy atom. The number of para-hydroxylation sites is 2. The summed E-state index contributed by atoms with van der Waals surface area (Å²) in [7, 11) is -2.21. The maximum atomic E-state index is 12.9. The molecule has 14 heteroatoms. The van der Waals surface area contributed by atoms with Crippen molar-refractivity contribution in [1.29, 1.82) is 0 Å². The SMILES string of the molecule is C1CCOC1.C1CCOC1.CC(C)(C)c1cc(C[N-]c2ccccc2Cl)c([O-])c(C(C)(C)C)c1.CC(C)(C)c1cc(C[N-]c2ccccc2Cl)c([O-])c(C(C)(C)C)c1.C[Si](C)(C)[N-][Si](C)(C)C.[Li+].[Li+].[Yb+3]. The Labute approximate surface area is 502 Å². The fourth-order valence-corrected chi connectivity index (χ4v) is 15.6. The average molecular weight is 1180 g/mol. The molecule has 0 amide bonds. The predicted octanol–water partition coefficient (Wildman–Crippen LogP) is 11.1. The van der Waals surface area contributed by atoms with Crippen molar-refractivity contribution >= 4 is 51.0 Å². The zero-order chi connectivity index (χ0) is 51.0. The third-order valence-corrected chi connectivity index (χ3v) is 16.6. The zero-order valence-electron chi connectivity index (χ0n) is 47.0. The molecule has 0 atom stereocenters. The van der Waals surface area contributed by atoms with E-state index in [1.165, 1.54) is 25.7 Å². The summed E-state index contributed by atoms with van der Waals surface area (Å²) in [6, 6.07) is 23.0. The molecule has 0 unspecified atom stereocenters. The fraction of sp³-hybridized carbons (Fsp3) is 0.571. The molecule has 4 aromatic rings. The Morgan fingerprint density at radius 2 is 0.771 bits per heavy atom. The summed E-state index contributed by atoms with van der Waals surface area (Å²) in [6.07, 6.45) is 5.11. The summed E-state index contributed by atoms with van der Waals surface area (Å²) in [4.78, 5) is 0. The molecule has 2 fully saturated rings. The van der Waals surface area contributed by atoms with Crippen LogP contribution in [-0.4, -0.2) is 42.9 Å². The van der Waals surface area contributed by atoms with Crippen molar-refractivity contribution < 1.29 is 104 Å². The first kappa shape index (κ1) is 71.8. The quantitative estimate of drug-likeness (QED) is 0.164.